The lowest BCUT2D eigenvalue weighted by Crippen LogP contribution is -2.35. The maximum atomic E-state index is 12.0. The molecule has 0 unspecified atom stereocenters. The maximum absolute atomic E-state index is 12.0. The van der Waals surface area contributed by atoms with Crippen molar-refractivity contribution < 1.29 is 4.79 Å². The first-order valence-corrected chi connectivity index (χ1v) is 7.62. The Kier molecular flexibility index (Phi) is 5.35. The summed E-state index contributed by atoms with van der Waals surface area (Å²) >= 11 is 0. The Morgan fingerprint density at radius 2 is 2.24 bits per heavy atom. The van der Waals surface area contributed by atoms with Gasteiger partial charge in [-0.05, 0) is 50.8 Å². The van der Waals surface area contributed by atoms with Gasteiger partial charge in [-0.3, -0.25) is 4.79 Å². The Bertz CT molecular complexity index is 529. The van der Waals surface area contributed by atoms with Gasteiger partial charge in [-0.15, -0.1) is 0 Å². The van der Waals surface area contributed by atoms with E-state index in [1.54, 1.807) is 18.2 Å². The van der Waals surface area contributed by atoms with E-state index in [0.717, 1.165) is 19.0 Å². The number of rotatable bonds is 7. The molecule has 2 rings (SSSR count). The van der Waals surface area contributed by atoms with Crippen LogP contribution < -0.4 is 5.32 Å². The molecule has 1 aliphatic rings. The first-order chi connectivity index (χ1) is 10.1. The van der Waals surface area contributed by atoms with Crippen molar-refractivity contribution in [3.8, 4) is 6.07 Å². The van der Waals surface area contributed by atoms with Gasteiger partial charge in [0.1, 0.15) is 0 Å². The van der Waals surface area contributed by atoms with Crippen LogP contribution in [0.2, 0.25) is 0 Å². The fraction of sp³-hybridized carbons (Fsp3) is 0.529. The number of benzene rings is 1. The molecule has 0 radical (unpaired) electrons. The molecule has 1 aromatic carbocycles. The highest BCUT2D eigenvalue weighted by Crippen LogP contribution is 2.30. The number of amides is 1. The largest absolute Gasteiger partial charge is 0.326 e. The van der Waals surface area contributed by atoms with Crippen LogP contribution in [0.1, 0.15) is 38.7 Å². The van der Waals surface area contributed by atoms with Crippen molar-refractivity contribution in [1.29, 1.82) is 5.26 Å². The highest BCUT2D eigenvalue weighted by molar-refractivity contribution is 5.90. The predicted octanol–water partition coefficient (Wildman–Crippen LogP) is 3.01. The quantitative estimate of drug-likeness (QED) is 0.838. The molecule has 21 heavy (non-hydrogen) atoms. The number of hydrogen-bond donors (Lipinski definition) is 1. The molecule has 112 valence electrons. The highest BCUT2D eigenvalue weighted by Gasteiger charge is 2.25. The molecule has 1 amide bonds. The Morgan fingerprint density at radius 1 is 1.48 bits per heavy atom. The summed E-state index contributed by atoms with van der Waals surface area (Å²) < 4.78 is 0. The number of nitrogens with zero attached hydrogens (tertiary/aromatic N) is 2. The monoisotopic (exact) mass is 285 g/mol. The molecule has 0 atom stereocenters. The molecule has 1 aromatic rings. The van der Waals surface area contributed by atoms with E-state index in [2.05, 4.69) is 30.1 Å². The van der Waals surface area contributed by atoms with E-state index in [9.17, 15) is 4.79 Å². The molecule has 1 saturated carbocycles. The first kappa shape index (κ1) is 15.5. The van der Waals surface area contributed by atoms with Crippen LogP contribution in [0.3, 0.4) is 0 Å². The average molecular weight is 285 g/mol. The van der Waals surface area contributed by atoms with Crippen LogP contribution in [0, 0.1) is 17.2 Å². The van der Waals surface area contributed by atoms with Gasteiger partial charge in [-0.2, -0.15) is 5.26 Å². The molecule has 0 bridgehead atoms. The number of nitrogens with one attached hydrogen (secondary N) is 1. The minimum atomic E-state index is 0.00605. The lowest BCUT2D eigenvalue weighted by molar-refractivity contribution is -0.116. The molecule has 1 fully saturated rings. The zero-order valence-electron chi connectivity index (χ0n) is 12.8. The van der Waals surface area contributed by atoms with Crippen molar-refractivity contribution in [3.05, 3.63) is 29.8 Å². The predicted molar refractivity (Wildman–Crippen MR) is 83.8 cm³/mol. The van der Waals surface area contributed by atoms with Crippen molar-refractivity contribution in [1.82, 2.24) is 4.90 Å². The second-order valence-corrected chi connectivity index (χ2v) is 6.02. The molecule has 0 heterocycles. The van der Waals surface area contributed by atoms with Crippen molar-refractivity contribution in [3.63, 3.8) is 0 Å². The zero-order chi connectivity index (χ0) is 15.2. The third kappa shape index (κ3) is 5.20. The van der Waals surface area contributed by atoms with Gasteiger partial charge in [0.25, 0.3) is 0 Å². The summed E-state index contributed by atoms with van der Waals surface area (Å²) in [5, 5.41) is 11.7. The van der Waals surface area contributed by atoms with E-state index < -0.39 is 0 Å². The Labute approximate surface area is 126 Å². The average Bonchev–Trinajstić information content (AvgIpc) is 3.27. The molecule has 4 nitrogen and oxygen atoms in total. The minimum Gasteiger partial charge on any atom is -0.326 e. The SMILES string of the molecule is CC(C)N(CCC(=O)Nc1cccc(C#N)c1)CC1CC1. The number of anilines is 1. The van der Waals surface area contributed by atoms with E-state index in [0.29, 0.717) is 23.7 Å². The van der Waals surface area contributed by atoms with Gasteiger partial charge in [0.05, 0.1) is 11.6 Å². The van der Waals surface area contributed by atoms with Crippen LogP contribution >= 0.6 is 0 Å². The second kappa shape index (κ2) is 7.24. The molecule has 4 heteroatoms. The zero-order valence-corrected chi connectivity index (χ0v) is 12.8. The normalized spacial score (nSPS) is 14.2. The molecule has 1 aliphatic carbocycles. The number of nitriles is 1. The second-order valence-electron chi connectivity index (χ2n) is 6.02. The fourth-order valence-corrected chi connectivity index (χ4v) is 2.33. The van der Waals surface area contributed by atoms with Crippen LogP contribution in [-0.2, 0) is 4.79 Å². The highest BCUT2D eigenvalue weighted by atomic mass is 16.1. The van der Waals surface area contributed by atoms with E-state index in [1.165, 1.54) is 12.8 Å². The number of carbonyl (C=O) groups excluding carboxylic acids is 1. The van der Waals surface area contributed by atoms with Gasteiger partial charge in [0.2, 0.25) is 5.91 Å². The van der Waals surface area contributed by atoms with Crippen LogP contribution in [0.15, 0.2) is 24.3 Å². The smallest absolute Gasteiger partial charge is 0.225 e. The fourth-order valence-electron chi connectivity index (χ4n) is 2.33. The summed E-state index contributed by atoms with van der Waals surface area (Å²) in [7, 11) is 0. The van der Waals surface area contributed by atoms with Crippen LogP contribution in [0.25, 0.3) is 0 Å². The Balaban J connectivity index is 1.81. The van der Waals surface area contributed by atoms with Crippen molar-refractivity contribution >= 4 is 11.6 Å². The topological polar surface area (TPSA) is 56.1 Å². The van der Waals surface area contributed by atoms with E-state index in [-0.39, 0.29) is 5.91 Å². The van der Waals surface area contributed by atoms with E-state index >= 15 is 0 Å². The first-order valence-electron chi connectivity index (χ1n) is 7.62. The molecule has 1 N–H and O–H groups in total. The summed E-state index contributed by atoms with van der Waals surface area (Å²) in [6, 6.07) is 9.56. The standard InChI is InChI=1S/C17H23N3O/c1-13(2)20(12-14-6-7-14)9-8-17(21)19-16-5-3-4-15(10-16)11-18/h3-5,10,13-14H,6-9,12H2,1-2H3,(H,19,21). The van der Waals surface area contributed by atoms with Gasteiger partial charge in [0.15, 0.2) is 0 Å². The van der Waals surface area contributed by atoms with Crippen molar-refractivity contribution in [2.24, 2.45) is 5.92 Å². The summed E-state index contributed by atoms with van der Waals surface area (Å²) in [6.07, 6.45) is 3.15. The molecule has 0 aliphatic heterocycles. The number of hydrogen-bond acceptors (Lipinski definition) is 3. The summed E-state index contributed by atoms with van der Waals surface area (Å²) in [5.74, 6) is 0.842. The lowest BCUT2D eigenvalue weighted by Gasteiger charge is -2.26. The van der Waals surface area contributed by atoms with E-state index in [4.69, 9.17) is 5.26 Å². The number of carbonyl (C=O) groups is 1. The molecule has 0 spiro atoms. The minimum absolute atomic E-state index is 0.00605. The van der Waals surface area contributed by atoms with Gasteiger partial charge < -0.3 is 10.2 Å². The molecule has 0 saturated heterocycles. The third-order valence-electron chi connectivity index (χ3n) is 3.82. The van der Waals surface area contributed by atoms with Crippen molar-refractivity contribution in [2.75, 3.05) is 18.4 Å². The van der Waals surface area contributed by atoms with Crippen LogP contribution in [0.5, 0.6) is 0 Å². The van der Waals surface area contributed by atoms with E-state index in [1.807, 2.05) is 6.07 Å². The van der Waals surface area contributed by atoms with Crippen molar-refractivity contribution in [2.45, 2.75) is 39.2 Å². The maximum Gasteiger partial charge on any atom is 0.225 e. The van der Waals surface area contributed by atoms with Crippen LogP contribution in [-0.4, -0.2) is 29.9 Å². The molecular weight excluding hydrogens is 262 g/mol. The van der Waals surface area contributed by atoms with Gasteiger partial charge in [-0.25, -0.2) is 0 Å². The third-order valence-corrected chi connectivity index (χ3v) is 3.82. The van der Waals surface area contributed by atoms with Gasteiger partial charge in [0, 0.05) is 31.2 Å². The van der Waals surface area contributed by atoms with Gasteiger partial charge in [-0.1, -0.05) is 6.07 Å². The lowest BCUT2D eigenvalue weighted by atomic mass is 10.2. The van der Waals surface area contributed by atoms with Crippen LogP contribution in [0.4, 0.5) is 5.69 Å². The Morgan fingerprint density at radius 3 is 2.86 bits per heavy atom. The molecule has 0 aromatic heterocycles. The summed E-state index contributed by atoms with van der Waals surface area (Å²) in [5.41, 5.74) is 1.25. The Hall–Kier alpha value is -1.86. The molecular formula is C17H23N3O. The summed E-state index contributed by atoms with van der Waals surface area (Å²) in [6.45, 7) is 6.25. The summed E-state index contributed by atoms with van der Waals surface area (Å²) in [4.78, 5) is 14.4. The van der Waals surface area contributed by atoms with Gasteiger partial charge >= 0.3 is 0 Å².